The van der Waals surface area contributed by atoms with Crippen molar-refractivity contribution in [1.29, 1.82) is 0 Å². The Bertz CT molecular complexity index is 645. The molecule has 178 valence electrons. The summed E-state index contributed by atoms with van der Waals surface area (Å²) in [5.41, 5.74) is 5.94. The van der Waals surface area contributed by atoms with E-state index in [4.69, 9.17) is 5.73 Å². The van der Waals surface area contributed by atoms with E-state index in [2.05, 4.69) is 10.6 Å². The first kappa shape index (κ1) is 27.2. The van der Waals surface area contributed by atoms with Gasteiger partial charge in [-0.15, -0.1) is 0 Å². The predicted octanol–water partition coefficient (Wildman–Crippen LogP) is 0.814. The SMILES string of the molecule is CCC(C)C(NC(=O)C(N)C(C)C)C(=O)N1CCCC1C(=O)NC(CCSC)C(=O)O. The van der Waals surface area contributed by atoms with Gasteiger partial charge in [0.05, 0.1) is 6.04 Å². The van der Waals surface area contributed by atoms with Crippen LogP contribution in [0.4, 0.5) is 0 Å². The van der Waals surface area contributed by atoms with Crippen molar-refractivity contribution in [3.05, 3.63) is 0 Å². The van der Waals surface area contributed by atoms with E-state index < -0.39 is 42.0 Å². The van der Waals surface area contributed by atoms with E-state index in [0.29, 0.717) is 38.0 Å². The number of hydrogen-bond acceptors (Lipinski definition) is 6. The second-order valence-electron chi connectivity index (χ2n) is 8.51. The molecule has 1 saturated heterocycles. The van der Waals surface area contributed by atoms with E-state index in [-0.39, 0.29) is 17.7 Å². The van der Waals surface area contributed by atoms with Gasteiger partial charge in [0, 0.05) is 6.54 Å². The number of nitrogens with two attached hydrogens (primary N) is 1. The van der Waals surface area contributed by atoms with Crippen molar-refractivity contribution in [2.45, 2.75) is 77.5 Å². The molecule has 5 unspecified atom stereocenters. The molecule has 3 amide bonds. The van der Waals surface area contributed by atoms with E-state index in [0.717, 1.165) is 0 Å². The predicted molar refractivity (Wildman–Crippen MR) is 121 cm³/mol. The molecule has 0 aromatic rings. The second-order valence-corrected chi connectivity index (χ2v) is 9.50. The summed E-state index contributed by atoms with van der Waals surface area (Å²) < 4.78 is 0. The number of carbonyl (C=O) groups excluding carboxylic acids is 3. The Hall–Kier alpha value is -1.81. The van der Waals surface area contributed by atoms with Crippen molar-refractivity contribution in [3.8, 4) is 0 Å². The van der Waals surface area contributed by atoms with Crippen molar-refractivity contribution in [2.24, 2.45) is 17.6 Å². The van der Waals surface area contributed by atoms with Gasteiger partial charge in [-0.3, -0.25) is 14.4 Å². The maximum atomic E-state index is 13.4. The fraction of sp³-hybridized carbons (Fsp3) is 0.810. The third-order valence-corrected chi connectivity index (χ3v) is 6.51. The fourth-order valence-corrected chi connectivity index (χ4v) is 3.95. The highest BCUT2D eigenvalue weighted by Crippen LogP contribution is 2.22. The Kier molecular flexibility index (Phi) is 11.3. The lowest BCUT2D eigenvalue weighted by atomic mass is 9.96. The average molecular weight is 459 g/mol. The molecule has 1 aliphatic rings. The number of carboxylic acids is 1. The van der Waals surface area contributed by atoms with Gasteiger partial charge in [0.25, 0.3) is 0 Å². The Labute approximate surface area is 189 Å². The van der Waals surface area contributed by atoms with Crippen LogP contribution in [0.2, 0.25) is 0 Å². The summed E-state index contributed by atoms with van der Waals surface area (Å²) in [6, 6.07) is -3.26. The van der Waals surface area contributed by atoms with Crippen LogP contribution in [0.25, 0.3) is 0 Å². The first-order valence-corrected chi connectivity index (χ1v) is 12.3. The molecule has 5 atom stereocenters. The smallest absolute Gasteiger partial charge is 0.326 e. The van der Waals surface area contributed by atoms with Crippen LogP contribution in [-0.4, -0.2) is 76.4 Å². The highest BCUT2D eigenvalue weighted by Gasteiger charge is 2.40. The number of rotatable bonds is 12. The van der Waals surface area contributed by atoms with Crippen molar-refractivity contribution in [1.82, 2.24) is 15.5 Å². The fourth-order valence-electron chi connectivity index (χ4n) is 3.48. The zero-order valence-corrected chi connectivity index (χ0v) is 20.0. The first-order valence-electron chi connectivity index (χ1n) is 10.9. The summed E-state index contributed by atoms with van der Waals surface area (Å²) in [5, 5.41) is 14.8. The zero-order valence-electron chi connectivity index (χ0n) is 19.2. The van der Waals surface area contributed by atoms with Crippen LogP contribution in [0, 0.1) is 11.8 Å². The van der Waals surface area contributed by atoms with Gasteiger partial charge in [0.15, 0.2) is 0 Å². The van der Waals surface area contributed by atoms with E-state index in [1.54, 1.807) is 0 Å². The molecule has 0 bridgehead atoms. The molecule has 0 spiro atoms. The molecule has 0 aromatic carbocycles. The molecule has 1 fully saturated rings. The highest BCUT2D eigenvalue weighted by molar-refractivity contribution is 7.98. The van der Waals surface area contributed by atoms with Crippen LogP contribution < -0.4 is 16.4 Å². The van der Waals surface area contributed by atoms with E-state index in [9.17, 15) is 24.3 Å². The van der Waals surface area contributed by atoms with Gasteiger partial charge in [0.1, 0.15) is 18.1 Å². The largest absolute Gasteiger partial charge is 0.480 e. The van der Waals surface area contributed by atoms with Gasteiger partial charge in [0.2, 0.25) is 17.7 Å². The van der Waals surface area contributed by atoms with Crippen LogP contribution in [-0.2, 0) is 19.2 Å². The summed E-state index contributed by atoms with van der Waals surface area (Å²) in [6.45, 7) is 7.86. The second kappa shape index (κ2) is 12.9. The van der Waals surface area contributed by atoms with E-state index in [1.807, 2.05) is 34.0 Å². The number of nitrogens with one attached hydrogen (secondary N) is 2. The molecular weight excluding hydrogens is 420 g/mol. The Morgan fingerprint density at radius 3 is 2.35 bits per heavy atom. The number of thioether (sulfide) groups is 1. The number of carbonyl (C=O) groups is 4. The summed E-state index contributed by atoms with van der Waals surface area (Å²) in [7, 11) is 0. The van der Waals surface area contributed by atoms with Crippen molar-refractivity contribution >= 4 is 35.5 Å². The quantitative estimate of drug-likeness (QED) is 0.339. The molecular formula is C21H38N4O5S. The van der Waals surface area contributed by atoms with Crippen molar-refractivity contribution in [3.63, 3.8) is 0 Å². The number of carboxylic acid groups (broad SMARTS) is 1. The van der Waals surface area contributed by atoms with E-state index in [1.165, 1.54) is 16.7 Å². The maximum absolute atomic E-state index is 13.4. The van der Waals surface area contributed by atoms with Gasteiger partial charge in [-0.25, -0.2) is 4.79 Å². The standard InChI is InChI=1S/C21H38N4O5S/c1-6-13(4)17(24-19(27)16(22)12(2)3)20(28)25-10-7-8-15(25)18(26)23-14(21(29)30)9-11-31-5/h12-17H,6-11,22H2,1-5H3,(H,23,26)(H,24,27)(H,29,30). The average Bonchev–Trinajstić information content (AvgIpc) is 3.22. The number of amides is 3. The molecule has 1 heterocycles. The van der Waals surface area contributed by atoms with Crippen molar-refractivity contribution < 1.29 is 24.3 Å². The normalized spacial score (nSPS) is 20.1. The Balaban J connectivity index is 2.96. The van der Waals surface area contributed by atoms with Crippen LogP contribution in [0.3, 0.4) is 0 Å². The molecule has 0 radical (unpaired) electrons. The molecule has 1 aliphatic heterocycles. The molecule has 10 heteroatoms. The summed E-state index contributed by atoms with van der Waals surface area (Å²) >= 11 is 1.50. The monoisotopic (exact) mass is 458 g/mol. The molecule has 31 heavy (non-hydrogen) atoms. The lowest BCUT2D eigenvalue weighted by molar-refractivity contribution is -0.145. The molecule has 0 aromatic heterocycles. The van der Waals surface area contributed by atoms with Gasteiger partial charge in [-0.2, -0.15) is 11.8 Å². The summed E-state index contributed by atoms with van der Waals surface area (Å²) in [4.78, 5) is 51.7. The van der Waals surface area contributed by atoms with Crippen LogP contribution >= 0.6 is 11.8 Å². The molecule has 1 rings (SSSR count). The number of aliphatic carboxylic acids is 1. The zero-order chi connectivity index (χ0) is 23.7. The van der Waals surface area contributed by atoms with Crippen LogP contribution in [0.15, 0.2) is 0 Å². The molecule has 0 saturated carbocycles. The third-order valence-electron chi connectivity index (χ3n) is 5.86. The maximum Gasteiger partial charge on any atom is 0.326 e. The molecule has 5 N–H and O–H groups in total. The van der Waals surface area contributed by atoms with Gasteiger partial charge in [-0.05, 0) is 43.1 Å². The first-order chi connectivity index (χ1) is 14.5. The Morgan fingerprint density at radius 1 is 1.19 bits per heavy atom. The van der Waals surface area contributed by atoms with Gasteiger partial charge in [-0.1, -0.05) is 34.1 Å². The number of nitrogens with zero attached hydrogens (tertiary/aromatic N) is 1. The minimum absolute atomic E-state index is 0.0766. The summed E-state index contributed by atoms with van der Waals surface area (Å²) in [5.74, 6) is -1.90. The van der Waals surface area contributed by atoms with Gasteiger partial charge < -0.3 is 26.4 Å². The van der Waals surface area contributed by atoms with Crippen LogP contribution in [0.5, 0.6) is 0 Å². The summed E-state index contributed by atoms with van der Waals surface area (Å²) in [6.07, 6.45) is 3.93. The van der Waals surface area contributed by atoms with Crippen LogP contribution in [0.1, 0.15) is 53.4 Å². The number of likely N-dealkylation sites (tertiary alicyclic amines) is 1. The van der Waals surface area contributed by atoms with Crippen molar-refractivity contribution in [2.75, 3.05) is 18.6 Å². The minimum Gasteiger partial charge on any atom is -0.480 e. The lowest BCUT2D eigenvalue weighted by Gasteiger charge is -2.32. The topological polar surface area (TPSA) is 142 Å². The lowest BCUT2D eigenvalue weighted by Crippen LogP contribution is -2.58. The third kappa shape index (κ3) is 7.68. The minimum atomic E-state index is -1.09. The van der Waals surface area contributed by atoms with Gasteiger partial charge >= 0.3 is 5.97 Å². The molecule has 9 nitrogen and oxygen atoms in total. The molecule has 0 aliphatic carbocycles. The van der Waals surface area contributed by atoms with E-state index >= 15 is 0 Å². The number of hydrogen-bond donors (Lipinski definition) is 4. The highest BCUT2D eigenvalue weighted by atomic mass is 32.2. The Morgan fingerprint density at radius 2 is 1.84 bits per heavy atom.